The number of pyridine rings is 1. The third-order valence-corrected chi connectivity index (χ3v) is 3.61. The Morgan fingerprint density at radius 2 is 2.08 bits per heavy atom. The largest absolute Gasteiger partial charge is 0.469 e. The summed E-state index contributed by atoms with van der Waals surface area (Å²) in [6.07, 6.45) is 4.39. The maximum absolute atomic E-state index is 5.34. The van der Waals surface area contributed by atoms with Gasteiger partial charge in [0.15, 0.2) is 17.4 Å². The van der Waals surface area contributed by atoms with E-state index in [1.54, 1.807) is 13.4 Å². The van der Waals surface area contributed by atoms with Crippen molar-refractivity contribution in [2.45, 2.75) is 13.0 Å². The van der Waals surface area contributed by atoms with Crippen LogP contribution in [0.4, 0.5) is 0 Å². The molecule has 0 radical (unpaired) electrons. The molecule has 3 heterocycles. The first kappa shape index (κ1) is 20.2. The third kappa shape index (κ3) is 5.70. The Morgan fingerprint density at radius 1 is 1.19 bits per heavy atom. The number of ether oxygens (including phenoxy) is 1. The fourth-order valence-corrected chi connectivity index (χ4v) is 2.35. The number of rotatable bonds is 8. The zero-order valence-electron chi connectivity index (χ0n) is 14.6. The summed E-state index contributed by atoms with van der Waals surface area (Å²) < 4.78 is 12.3. The monoisotopic (exact) mass is 470 g/mol. The second kappa shape index (κ2) is 10.8. The maximum atomic E-state index is 5.34. The van der Waals surface area contributed by atoms with E-state index in [0.29, 0.717) is 32.2 Å². The van der Waals surface area contributed by atoms with E-state index >= 15 is 0 Å². The highest BCUT2D eigenvalue weighted by Gasteiger charge is 2.05. The number of methoxy groups -OCH3 is 1. The Morgan fingerprint density at radius 3 is 2.88 bits per heavy atom. The van der Waals surface area contributed by atoms with E-state index in [4.69, 9.17) is 9.15 Å². The topological polar surface area (TPSA) is 89.0 Å². The molecule has 26 heavy (non-hydrogen) atoms. The number of hydrogen-bond donors (Lipinski definition) is 2. The minimum Gasteiger partial charge on any atom is -0.469 e. The van der Waals surface area contributed by atoms with Crippen molar-refractivity contribution in [3.8, 4) is 0 Å². The molecule has 0 unspecified atom stereocenters. The van der Waals surface area contributed by atoms with Gasteiger partial charge in [-0.15, -0.1) is 34.2 Å². The lowest BCUT2D eigenvalue weighted by Gasteiger charge is -2.11. The normalized spacial score (nSPS) is 11.3. The number of guanidine groups is 1. The van der Waals surface area contributed by atoms with Gasteiger partial charge in [-0.3, -0.25) is 4.40 Å². The van der Waals surface area contributed by atoms with Gasteiger partial charge in [0.1, 0.15) is 12.3 Å². The molecule has 140 valence electrons. The van der Waals surface area contributed by atoms with Crippen molar-refractivity contribution in [1.29, 1.82) is 0 Å². The number of fused-ring (bicyclic) bond motifs is 1. The van der Waals surface area contributed by atoms with Crippen LogP contribution in [0.3, 0.4) is 0 Å². The predicted octanol–water partition coefficient (Wildman–Crippen LogP) is 1.86. The first-order chi connectivity index (χ1) is 12.4. The molecule has 3 aromatic heterocycles. The number of nitrogens with zero attached hydrogens (tertiary/aromatic N) is 4. The Balaban J connectivity index is 0.00000243. The average Bonchev–Trinajstić information content (AvgIpc) is 3.29. The van der Waals surface area contributed by atoms with Crippen LogP contribution in [-0.2, 0) is 17.7 Å². The fraction of sp³-hybridized carbons (Fsp3) is 0.353. The highest BCUT2D eigenvalue weighted by molar-refractivity contribution is 14.0. The summed E-state index contributed by atoms with van der Waals surface area (Å²) >= 11 is 0. The number of halogens is 1. The number of aliphatic imine (C=N–C) groups is 1. The molecule has 0 saturated heterocycles. The standard InChI is InChI=1S/C17H22N6O2.HI/c1-24-12-9-19-17(18-8-7-14-5-4-11-25-14)20-13-16-22-21-15-6-2-3-10-23(15)16;/h2-6,10-11H,7-9,12-13H2,1H3,(H2,18,19,20);1H. The van der Waals surface area contributed by atoms with Crippen molar-refractivity contribution in [3.63, 3.8) is 0 Å². The van der Waals surface area contributed by atoms with Gasteiger partial charge >= 0.3 is 0 Å². The highest BCUT2D eigenvalue weighted by Crippen LogP contribution is 2.04. The zero-order chi connectivity index (χ0) is 17.3. The highest BCUT2D eigenvalue weighted by atomic mass is 127. The minimum atomic E-state index is 0. The SMILES string of the molecule is COCCNC(=NCc1nnc2ccccn12)NCCc1ccco1.I. The molecule has 0 fully saturated rings. The van der Waals surface area contributed by atoms with Crippen molar-refractivity contribution in [3.05, 3.63) is 54.4 Å². The van der Waals surface area contributed by atoms with Gasteiger partial charge in [0, 0.05) is 32.8 Å². The van der Waals surface area contributed by atoms with E-state index in [1.165, 1.54) is 0 Å². The summed E-state index contributed by atoms with van der Waals surface area (Å²) in [5.41, 5.74) is 0.812. The molecule has 0 aliphatic rings. The van der Waals surface area contributed by atoms with Gasteiger partial charge in [0.2, 0.25) is 0 Å². The van der Waals surface area contributed by atoms with Gasteiger partial charge in [0.05, 0.1) is 12.9 Å². The van der Waals surface area contributed by atoms with Gasteiger partial charge in [0.25, 0.3) is 0 Å². The van der Waals surface area contributed by atoms with E-state index in [-0.39, 0.29) is 24.0 Å². The first-order valence-corrected chi connectivity index (χ1v) is 8.19. The molecule has 0 aliphatic carbocycles. The van der Waals surface area contributed by atoms with Crippen molar-refractivity contribution < 1.29 is 9.15 Å². The van der Waals surface area contributed by atoms with E-state index < -0.39 is 0 Å². The van der Waals surface area contributed by atoms with Crippen molar-refractivity contribution in [1.82, 2.24) is 25.2 Å². The van der Waals surface area contributed by atoms with E-state index in [1.807, 2.05) is 40.9 Å². The van der Waals surface area contributed by atoms with Crippen LogP contribution in [0.15, 0.2) is 52.2 Å². The molecule has 3 aromatic rings. The van der Waals surface area contributed by atoms with Crippen molar-refractivity contribution >= 4 is 35.6 Å². The second-order valence-electron chi connectivity index (χ2n) is 5.39. The lowest BCUT2D eigenvalue weighted by molar-refractivity contribution is 0.203. The summed E-state index contributed by atoms with van der Waals surface area (Å²) in [5.74, 6) is 2.43. The van der Waals surface area contributed by atoms with E-state index in [2.05, 4.69) is 25.8 Å². The summed E-state index contributed by atoms with van der Waals surface area (Å²) in [6.45, 7) is 2.41. The Hall–Kier alpha value is -2.14. The van der Waals surface area contributed by atoms with Crippen molar-refractivity contribution in [2.24, 2.45) is 4.99 Å². The predicted molar refractivity (Wildman–Crippen MR) is 110 cm³/mol. The molecule has 0 atom stereocenters. The first-order valence-electron chi connectivity index (χ1n) is 8.19. The average molecular weight is 470 g/mol. The summed E-state index contributed by atoms with van der Waals surface area (Å²) in [6, 6.07) is 9.64. The molecule has 8 nitrogen and oxygen atoms in total. The van der Waals surface area contributed by atoms with Crippen molar-refractivity contribution in [2.75, 3.05) is 26.8 Å². The molecular formula is C17H23IN6O2. The molecular weight excluding hydrogens is 447 g/mol. The van der Waals surface area contributed by atoms with Crippen LogP contribution in [0.2, 0.25) is 0 Å². The molecule has 0 aromatic carbocycles. The van der Waals surface area contributed by atoms with Crippen LogP contribution in [0.5, 0.6) is 0 Å². The molecule has 0 aliphatic heterocycles. The van der Waals surface area contributed by atoms with Gasteiger partial charge < -0.3 is 19.8 Å². The Bertz CT molecular complexity index is 803. The number of furan rings is 1. The molecule has 2 N–H and O–H groups in total. The maximum Gasteiger partial charge on any atom is 0.191 e. The third-order valence-electron chi connectivity index (χ3n) is 3.61. The van der Waals surface area contributed by atoms with Crippen LogP contribution >= 0.6 is 24.0 Å². The summed E-state index contributed by atoms with van der Waals surface area (Å²) in [5, 5.41) is 14.9. The smallest absolute Gasteiger partial charge is 0.191 e. The van der Waals surface area contributed by atoms with Crippen LogP contribution in [0.25, 0.3) is 5.65 Å². The molecule has 0 saturated carbocycles. The van der Waals surface area contributed by atoms with Gasteiger partial charge in [-0.2, -0.15) is 0 Å². The molecule has 9 heteroatoms. The molecule has 3 rings (SSSR count). The second-order valence-corrected chi connectivity index (χ2v) is 5.39. The fourth-order valence-electron chi connectivity index (χ4n) is 2.35. The van der Waals surface area contributed by atoms with Gasteiger partial charge in [-0.05, 0) is 24.3 Å². The molecule has 0 spiro atoms. The lowest BCUT2D eigenvalue weighted by Crippen LogP contribution is -2.40. The van der Waals surface area contributed by atoms with E-state index in [9.17, 15) is 0 Å². The quantitative estimate of drug-likeness (QED) is 0.226. The molecule has 0 amide bonds. The van der Waals surface area contributed by atoms with Crippen LogP contribution in [0.1, 0.15) is 11.6 Å². The minimum absolute atomic E-state index is 0. The Labute approximate surface area is 169 Å². The van der Waals surface area contributed by atoms with Crippen LogP contribution < -0.4 is 10.6 Å². The van der Waals surface area contributed by atoms with Crippen LogP contribution in [0, 0.1) is 0 Å². The van der Waals surface area contributed by atoms with Gasteiger partial charge in [-0.25, -0.2) is 4.99 Å². The number of hydrogen-bond acceptors (Lipinski definition) is 5. The van der Waals surface area contributed by atoms with Crippen LogP contribution in [-0.4, -0.2) is 47.4 Å². The van der Waals surface area contributed by atoms with Gasteiger partial charge in [-0.1, -0.05) is 6.07 Å². The Kier molecular flexibility index (Phi) is 8.35. The zero-order valence-corrected chi connectivity index (χ0v) is 16.9. The molecule has 0 bridgehead atoms. The number of nitrogens with one attached hydrogen (secondary N) is 2. The number of aromatic nitrogens is 3. The summed E-state index contributed by atoms with van der Waals surface area (Å²) in [7, 11) is 1.67. The summed E-state index contributed by atoms with van der Waals surface area (Å²) in [4.78, 5) is 4.59. The van der Waals surface area contributed by atoms with E-state index in [0.717, 1.165) is 23.7 Å². The lowest BCUT2D eigenvalue weighted by atomic mass is 10.3.